The van der Waals surface area contributed by atoms with Gasteiger partial charge in [0.1, 0.15) is 6.04 Å². The summed E-state index contributed by atoms with van der Waals surface area (Å²) in [4.78, 5) is 33.3. The number of carboxylic acids is 1. The first-order valence-corrected chi connectivity index (χ1v) is 6.26. The number of hydrogen-bond donors (Lipinski definition) is 2. The molecule has 0 saturated heterocycles. The highest BCUT2D eigenvalue weighted by Crippen LogP contribution is 2.19. The number of hydrogen-bond acceptors (Lipinski definition) is 4. The Bertz CT molecular complexity index is 595. The Morgan fingerprint density at radius 2 is 2.14 bits per heavy atom. The minimum absolute atomic E-state index is 0.0547. The molecule has 112 valence electrons. The summed E-state index contributed by atoms with van der Waals surface area (Å²) in [5.41, 5.74) is 0.308. The molecule has 0 spiro atoms. The number of nitrogens with one attached hydrogen (secondary N) is 1. The maximum Gasteiger partial charge on any atom is 0.326 e. The third-order valence-corrected chi connectivity index (χ3v) is 2.88. The van der Waals surface area contributed by atoms with Crippen molar-refractivity contribution in [2.75, 3.05) is 0 Å². The van der Waals surface area contributed by atoms with Crippen molar-refractivity contribution in [2.45, 2.75) is 26.3 Å². The molecule has 0 aliphatic heterocycles. The molecule has 2 N–H and O–H groups in total. The van der Waals surface area contributed by atoms with E-state index in [1.54, 1.807) is 26.0 Å². The third kappa shape index (κ3) is 4.41. The van der Waals surface area contributed by atoms with Gasteiger partial charge in [0.05, 0.1) is 4.92 Å². The number of benzene rings is 1. The van der Waals surface area contributed by atoms with Gasteiger partial charge in [-0.05, 0) is 26.3 Å². The van der Waals surface area contributed by atoms with Crippen molar-refractivity contribution in [1.29, 1.82) is 0 Å². The molecule has 0 heterocycles. The molecule has 7 heteroatoms. The predicted octanol–water partition coefficient (Wildman–Crippen LogP) is 2.05. The first-order valence-electron chi connectivity index (χ1n) is 6.26. The van der Waals surface area contributed by atoms with E-state index >= 15 is 0 Å². The Labute approximate surface area is 121 Å². The summed E-state index contributed by atoms with van der Waals surface area (Å²) in [6, 6.07) is 2.94. The van der Waals surface area contributed by atoms with E-state index in [-0.39, 0.29) is 17.7 Å². The monoisotopic (exact) mass is 292 g/mol. The fourth-order valence-electron chi connectivity index (χ4n) is 1.68. The maximum atomic E-state index is 12.0. The van der Waals surface area contributed by atoms with Gasteiger partial charge in [-0.15, -0.1) is 0 Å². The highest BCUT2D eigenvalue weighted by atomic mass is 16.6. The molecule has 0 aromatic heterocycles. The summed E-state index contributed by atoms with van der Waals surface area (Å²) in [6.07, 6.45) is 3.45. The first-order chi connectivity index (χ1) is 9.86. The zero-order chi connectivity index (χ0) is 16.0. The van der Waals surface area contributed by atoms with Crippen molar-refractivity contribution >= 4 is 17.6 Å². The van der Waals surface area contributed by atoms with E-state index in [4.69, 9.17) is 5.11 Å². The van der Waals surface area contributed by atoms with Crippen molar-refractivity contribution in [2.24, 2.45) is 0 Å². The lowest BCUT2D eigenvalue weighted by Gasteiger charge is -2.12. The summed E-state index contributed by atoms with van der Waals surface area (Å²) >= 11 is 0. The Morgan fingerprint density at radius 1 is 1.48 bits per heavy atom. The zero-order valence-corrected chi connectivity index (χ0v) is 11.7. The minimum Gasteiger partial charge on any atom is -0.480 e. The molecule has 0 bridgehead atoms. The fraction of sp³-hybridized carbons (Fsp3) is 0.286. The molecule has 1 amide bonds. The van der Waals surface area contributed by atoms with Crippen LogP contribution >= 0.6 is 0 Å². The molecule has 7 nitrogen and oxygen atoms in total. The second kappa shape index (κ2) is 7.18. The number of amides is 1. The van der Waals surface area contributed by atoms with E-state index < -0.39 is 22.8 Å². The molecular formula is C14H16N2O5. The van der Waals surface area contributed by atoms with Gasteiger partial charge in [-0.3, -0.25) is 14.9 Å². The van der Waals surface area contributed by atoms with Gasteiger partial charge in [0.15, 0.2) is 0 Å². The van der Waals surface area contributed by atoms with Crippen molar-refractivity contribution in [1.82, 2.24) is 5.32 Å². The van der Waals surface area contributed by atoms with Gasteiger partial charge >= 0.3 is 5.97 Å². The van der Waals surface area contributed by atoms with Crippen LogP contribution in [0, 0.1) is 17.0 Å². The largest absolute Gasteiger partial charge is 0.480 e. The lowest BCUT2D eigenvalue weighted by atomic mass is 10.1. The number of nitrogens with zero attached hydrogens (tertiary/aromatic N) is 1. The van der Waals surface area contributed by atoms with Crippen LogP contribution in [-0.2, 0) is 4.79 Å². The third-order valence-electron chi connectivity index (χ3n) is 2.88. The van der Waals surface area contributed by atoms with Gasteiger partial charge in [-0.2, -0.15) is 0 Å². The normalized spacial score (nSPS) is 12.1. The topological polar surface area (TPSA) is 110 Å². The minimum atomic E-state index is -1.16. The van der Waals surface area contributed by atoms with Gasteiger partial charge in [0.2, 0.25) is 0 Å². The Kier molecular flexibility index (Phi) is 5.59. The molecule has 21 heavy (non-hydrogen) atoms. The van der Waals surface area contributed by atoms with Crippen LogP contribution in [0.4, 0.5) is 5.69 Å². The maximum absolute atomic E-state index is 12.0. The molecule has 1 aromatic rings. The van der Waals surface area contributed by atoms with Gasteiger partial charge in [0.25, 0.3) is 11.6 Å². The molecule has 0 aliphatic rings. The summed E-state index contributed by atoms with van der Waals surface area (Å²) < 4.78 is 0. The lowest BCUT2D eigenvalue weighted by molar-refractivity contribution is -0.385. The number of nitro benzene ring substituents is 1. The molecule has 0 aliphatic carbocycles. The van der Waals surface area contributed by atoms with Crippen LogP contribution in [0.2, 0.25) is 0 Å². The van der Waals surface area contributed by atoms with Crippen LogP contribution in [0.5, 0.6) is 0 Å². The van der Waals surface area contributed by atoms with Crippen LogP contribution in [0.15, 0.2) is 30.4 Å². The molecule has 1 aromatic carbocycles. The molecule has 0 saturated carbocycles. The molecule has 1 rings (SSSR count). The van der Waals surface area contributed by atoms with E-state index in [1.807, 2.05) is 0 Å². The SMILES string of the molecule is C/C=C/CC(NC(=O)c1ccc(C)c([N+](=O)[O-])c1)C(=O)O. The lowest BCUT2D eigenvalue weighted by Crippen LogP contribution is -2.40. The van der Waals surface area contributed by atoms with Crippen molar-refractivity contribution in [3.63, 3.8) is 0 Å². The van der Waals surface area contributed by atoms with Crippen LogP contribution in [0.1, 0.15) is 29.3 Å². The molecule has 1 atom stereocenters. The number of aliphatic carboxylic acids is 1. The summed E-state index contributed by atoms with van der Waals surface area (Å²) in [5.74, 6) is -1.82. The second-order valence-corrected chi connectivity index (χ2v) is 4.43. The average Bonchev–Trinajstić information content (AvgIpc) is 2.42. The summed E-state index contributed by atoms with van der Waals surface area (Å²) in [5, 5.41) is 22.2. The van der Waals surface area contributed by atoms with Crippen molar-refractivity contribution < 1.29 is 19.6 Å². The summed E-state index contributed by atoms with van der Waals surface area (Å²) in [7, 11) is 0. The number of aryl methyl sites for hydroxylation is 1. The number of allylic oxidation sites excluding steroid dienone is 1. The highest BCUT2D eigenvalue weighted by Gasteiger charge is 2.21. The van der Waals surface area contributed by atoms with E-state index in [9.17, 15) is 19.7 Å². The predicted molar refractivity (Wildman–Crippen MR) is 76.2 cm³/mol. The number of carbonyl (C=O) groups is 2. The van der Waals surface area contributed by atoms with E-state index in [2.05, 4.69) is 5.32 Å². The van der Waals surface area contributed by atoms with E-state index in [0.717, 1.165) is 6.07 Å². The van der Waals surface area contributed by atoms with Crippen molar-refractivity contribution in [3.05, 3.63) is 51.6 Å². The quantitative estimate of drug-likeness (QED) is 0.473. The van der Waals surface area contributed by atoms with Crippen molar-refractivity contribution in [3.8, 4) is 0 Å². The van der Waals surface area contributed by atoms with E-state index in [0.29, 0.717) is 5.56 Å². The average molecular weight is 292 g/mol. The molecule has 1 unspecified atom stereocenters. The van der Waals surface area contributed by atoms with Gasteiger partial charge in [0, 0.05) is 17.2 Å². The fourth-order valence-corrected chi connectivity index (χ4v) is 1.68. The number of carboxylic acid groups (broad SMARTS) is 1. The molecule has 0 radical (unpaired) electrons. The van der Waals surface area contributed by atoms with Crippen LogP contribution in [-0.4, -0.2) is 27.9 Å². The highest BCUT2D eigenvalue weighted by molar-refractivity contribution is 5.97. The van der Waals surface area contributed by atoms with E-state index in [1.165, 1.54) is 12.1 Å². The van der Waals surface area contributed by atoms with Gasteiger partial charge in [-0.25, -0.2) is 4.79 Å². The number of nitro groups is 1. The number of carbonyl (C=O) groups excluding carboxylic acids is 1. The summed E-state index contributed by atoms with van der Waals surface area (Å²) in [6.45, 7) is 3.30. The van der Waals surface area contributed by atoms with Crippen LogP contribution in [0.3, 0.4) is 0 Å². The van der Waals surface area contributed by atoms with Gasteiger partial charge < -0.3 is 10.4 Å². The second-order valence-electron chi connectivity index (χ2n) is 4.43. The van der Waals surface area contributed by atoms with Crippen LogP contribution < -0.4 is 5.32 Å². The first kappa shape index (κ1) is 16.4. The van der Waals surface area contributed by atoms with Crippen LogP contribution in [0.25, 0.3) is 0 Å². The van der Waals surface area contributed by atoms with Gasteiger partial charge in [-0.1, -0.05) is 18.2 Å². The zero-order valence-electron chi connectivity index (χ0n) is 11.7. The number of rotatable bonds is 6. The smallest absolute Gasteiger partial charge is 0.326 e. The Morgan fingerprint density at radius 3 is 2.67 bits per heavy atom. The Balaban J connectivity index is 2.95. The standard InChI is InChI=1S/C14H16N2O5/c1-3-4-5-11(14(18)19)15-13(17)10-7-6-9(2)12(8-10)16(20)21/h3-4,6-8,11H,5H2,1-2H3,(H,15,17)(H,18,19)/b4-3+. The molecular weight excluding hydrogens is 276 g/mol. The molecule has 0 fully saturated rings. The Hall–Kier alpha value is -2.70.